The number of carbonyl (C=O) groups excluding carboxylic acids is 1. The Bertz CT molecular complexity index is 1080. The normalized spacial score (nSPS) is 10.9. The lowest BCUT2D eigenvalue weighted by molar-refractivity contribution is -0.113. The Morgan fingerprint density at radius 2 is 1.89 bits per heavy atom. The second-order valence-electron chi connectivity index (χ2n) is 5.78. The molecule has 0 spiro atoms. The van der Waals surface area contributed by atoms with Gasteiger partial charge in [-0.25, -0.2) is 9.97 Å². The van der Waals surface area contributed by atoms with Gasteiger partial charge in [0.2, 0.25) is 5.91 Å². The fourth-order valence-corrected chi connectivity index (χ4v) is 3.63. The van der Waals surface area contributed by atoms with Crippen molar-refractivity contribution >= 4 is 46.0 Å². The quantitative estimate of drug-likeness (QED) is 0.467. The number of pyridine rings is 1. The van der Waals surface area contributed by atoms with Gasteiger partial charge in [0, 0.05) is 11.8 Å². The number of nitrogens with one attached hydrogen (secondary N) is 2. The van der Waals surface area contributed by atoms with Crippen LogP contribution in [0, 0.1) is 0 Å². The number of H-pyrrole nitrogens is 1. The zero-order valence-corrected chi connectivity index (χ0v) is 15.7. The molecule has 0 aliphatic carbocycles. The number of amides is 1. The number of carbonyl (C=O) groups is 1. The number of hydrogen-bond acceptors (Lipinski definition) is 4. The smallest absolute Gasteiger partial charge is 0.234 e. The molecule has 134 valence electrons. The van der Waals surface area contributed by atoms with Crippen LogP contribution in [-0.4, -0.2) is 26.6 Å². The van der Waals surface area contributed by atoms with E-state index in [0.29, 0.717) is 10.7 Å². The van der Waals surface area contributed by atoms with E-state index in [1.165, 1.54) is 11.8 Å². The first kappa shape index (κ1) is 17.6. The topological polar surface area (TPSA) is 70.7 Å². The Kier molecular flexibility index (Phi) is 5.09. The van der Waals surface area contributed by atoms with Gasteiger partial charge < -0.3 is 10.3 Å². The average molecular weight is 395 g/mol. The number of thioether (sulfide) groups is 1. The summed E-state index contributed by atoms with van der Waals surface area (Å²) >= 11 is 7.44. The third-order valence-corrected chi connectivity index (χ3v) is 5.24. The van der Waals surface area contributed by atoms with Gasteiger partial charge in [0.15, 0.2) is 0 Å². The van der Waals surface area contributed by atoms with Crippen molar-refractivity contribution in [2.24, 2.45) is 0 Å². The molecular formula is C20H15ClN4OS. The summed E-state index contributed by atoms with van der Waals surface area (Å²) in [6.07, 6.45) is 1.71. The minimum atomic E-state index is -0.144. The number of imidazole rings is 1. The van der Waals surface area contributed by atoms with E-state index >= 15 is 0 Å². The monoisotopic (exact) mass is 394 g/mol. The third kappa shape index (κ3) is 3.97. The molecule has 0 radical (unpaired) electrons. The molecule has 0 saturated heterocycles. The average Bonchev–Trinajstić information content (AvgIpc) is 3.12. The van der Waals surface area contributed by atoms with E-state index < -0.39 is 0 Å². The van der Waals surface area contributed by atoms with Crippen molar-refractivity contribution in [3.8, 4) is 11.4 Å². The standard InChI is InChI=1S/C20H15ClN4OS/c21-14-7-1-2-8-15(14)23-18(26)12-27-20-13(6-5-11-22-20)19-24-16-9-3-4-10-17(16)25-19/h1-11H,12H2,(H,23,26)(H,24,25). The Labute approximate surface area is 165 Å². The maximum Gasteiger partial charge on any atom is 0.234 e. The van der Waals surface area contributed by atoms with Gasteiger partial charge in [0.25, 0.3) is 0 Å². The van der Waals surface area contributed by atoms with Crippen LogP contribution in [0.5, 0.6) is 0 Å². The summed E-state index contributed by atoms with van der Waals surface area (Å²) in [5, 5.41) is 4.07. The number of aromatic amines is 1. The number of nitrogens with zero attached hydrogens (tertiary/aromatic N) is 2. The highest BCUT2D eigenvalue weighted by molar-refractivity contribution is 8.00. The number of anilines is 1. The summed E-state index contributed by atoms with van der Waals surface area (Å²) in [5.41, 5.74) is 3.32. The molecule has 7 heteroatoms. The molecule has 0 atom stereocenters. The number of halogens is 1. The van der Waals surface area contributed by atoms with Gasteiger partial charge in [-0.15, -0.1) is 0 Å². The molecule has 2 N–H and O–H groups in total. The summed E-state index contributed by atoms with van der Waals surface area (Å²) in [7, 11) is 0. The second-order valence-corrected chi connectivity index (χ2v) is 7.15. The van der Waals surface area contributed by atoms with Crippen LogP contribution in [-0.2, 0) is 4.79 Å². The number of para-hydroxylation sites is 3. The van der Waals surface area contributed by atoms with Gasteiger partial charge in [-0.2, -0.15) is 0 Å². The third-order valence-electron chi connectivity index (χ3n) is 3.90. The van der Waals surface area contributed by atoms with Crippen molar-refractivity contribution < 1.29 is 4.79 Å². The lowest BCUT2D eigenvalue weighted by atomic mass is 10.3. The predicted octanol–water partition coefficient (Wildman–Crippen LogP) is 5.01. The maximum atomic E-state index is 12.3. The van der Waals surface area contributed by atoms with E-state index in [9.17, 15) is 4.79 Å². The van der Waals surface area contributed by atoms with Crippen LogP contribution >= 0.6 is 23.4 Å². The minimum absolute atomic E-state index is 0.144. The Morgan fingerprint density at radius 3 is 2.74 bits per heavy atom. The molecule has 2 heterocycles. The van der Waals surface area contributed by atoms with Crippen molar-refractivity contribution in [1.29, 1.82) is 0 Å². The van der Waals surface area contributed by atoms with Crippen LogP contribution in [0.3, 0.4) is 0 Å². The number of hydrogen-bond donors (Lipinski definition) is 2. The van der Waals surface area contributed by atoms with Crippen LogP contribution in [0.4, 0.5) is 5.69 Å². The molecule has 1 amide bonds. The van der Waals surface area contributed by atoms with Gasteiger partial charge in [-0.3, -0.25) is 4.79 Å². The summed E-state index contributed by atoms with van der Waals surface area (Å²) in [6.45, 7) is 0. The molecule has 0 aliphatic heterocycles. The second kappa shape index (κ2) is 7.82. The minimum Gasteiger partial charge on any atom is -0.338 e. The number of rotatable bonds is 5. The molecule has 5 nitrogen and oxygen atoms in total. The SMILES string of the molecule is O=C(CSc1ncccc1-c1nc2ccccc2[nH]1)Nc1ccccc1Cl. The van der Waals surface area contributed by atoms with Crippen LogP contribution in [0.25, 0.3) is 22.4 Å². The van der Waals surface area contributed by atoms with Crippen molar-refractivity contribution in [2.75, 3.05) is 11.1 Å². The molecule has 2 aromatic heterocycles. The fraction of sp³-hybridized carbons (Fsp3) is 0.0500. The Balaban J connectivity index is 1.51. The van der Waals surface area contributed by atoms with Crippen LogP contribution in [0.15, 0.2) is 71.9 Å². The summed E-state index contributed by atoms with van der Waals surface area (Å²) < 4.78 is 0. The lowest BCUT2D eigenvalue weighted by Crippen LogP contribution is -2.14. The molecule has 2 aromatic carbocycles. The highest BCUT2D eigenvalue weighted by Gasteiger charge is 2.13. The maximum absolute atomic E-state index is 12.3. The largest absolute Gasteiger partial charge is 0.338 e. The first-order chi connectivity index (χ1) is 13.2. The van der Waals surface area contributed by atoms with Crippen molar-refractivity contribution in [3.05, 3.63) is 71.9 Å². The number of fused-ring (bicyclic) bond motifs is 1. The van der Waals surface area contributed by atoms with Crippen LogP contribution in [0.2, 0.25) is 5.02 Å². The van der Waals surface area contributed by atoms with E-state index in [4.69, 9.17) is 11.6 Å². The molecule has 27 heavy (non-hydrogen) atoms. The molecule has 0 bridgehead atoms. The summed E-state index contributed by atoms with van der Waals surface area (Å²) in [6, 6.07) is 18.8. The molecule has 0 aliphatic rings. The molecular weight excluding hydrogens is 380 g/mol. The number of benzene rings is 2. The first-order valence-electron chi connectivity index (χ1n) is 8.28. The molecule has 0 saturated carbocycles. The first-order valence-corrected chi connectivity index (χ1v) is 9.64. The Morgan fingerprint density at radius 1 is 1.07 bits per heavy atom. The van der Waals surface area contributed by atoms with Crippen molar-refractivity contribution in [2.45, 2.75) is 5.03 Å². The van der Waals surface area contributed by atoms with Crippen LogP contribution < -0.4 is 5.32 Å². The predicted molar refractivity (Wildman–Crippen MR) is 110 cm³/mol. The highest BCUT2D eigenvalue weighted by Crippen LogP contribution is 2.29. The van der Waals surface area contributed by atoms with Gasteiger partial charge in [0.05, 0.1) is 27.5 Å². The van der Waals surface area contributed by atoms with E-state index in [-0.39, 0.29) is 11.7 Å². The van der Waals surface area contributed by atoms with E-state index in [1.54, 1.807) is 18.3 Å². The van der Waals surface area contributed by atoms with Gasteiger partial charge in [-0.1, -0.05) is 47.6 Å². The van der Waals surface area contributed by atoms with E-state index in [1.807, 2.05) is 48.5 Å². The fourth-order valence-electron chi connectivity index (χ4n) is 2.65. The molecule has 0 fully saturated rings. The van der Waals surface area contributed by atoms with E-state index in [2.05, 4.69) is 20.3 Å². The Hall–Kier alpha value is -2.83. The highest BCUT2D eigenvalue weighted by atomic mass is 35.5. The zero-order valence-electron chi connectivity index (χ0n) is 14.1. The zero-order chi connectivity index (χ0) is 18.6. The van der Waals surface area contributed by atoms with Gasteiger partial charge in [-0.05, 0) is 36.4 Å². The summed E-state index contributed by atoms with van der Waals surface area (Å²) in [5.74, 6) is 0.808. The lowest BCUT2D eigenvalue weighted by Gasteiger charge is -2.08. The van der Waals surface area contributed by atoms with Gasteiger partial charge >= 0.3 is 0 Å². The van der Waals surface area contributed by atoms with Crippen LogP contribution in [0.1, 0.15) is 0 Å². The molecule has 4 aromatic rings. The molecule has 0 unspecified atom stereocenters. The summed E-state index contributed by atoms with van der Waals surface area (Å²) in [4.78, 5) is 24.6. The molecule has 4 rings (SSSR count). The van der Waals surface area contributed by atoms with Crippen molar-refractivity contribution in [3.63, 3.8) is 0 Å². The van der Waals surface area contributed by atoms with Gasteiger partial charge in [0.1, 0.15) is 10.9 Å². The number of aromatic nitrogens is 3. The van der Waals surface area contributed by atoms with Crippen molar-refractivity contribution in [1.82, 2.24) is 15.0 Å². The van der Waals surface area contributed by atoms with E-state index in [0.717, 1.165) is 27.4 Å².